The maximum atomic E-state index is 6.64. The first-order valence-electron chi connectivity index (χ1n) is 10.6. The molecule has 0 amide bonds. The Bertz CT molecular complexity index is 1320. The van der Waals surface area contributed by atoms with Crippen LogP contribution in [0.4, 0.5) is 11.4 Å². The normalized spacial score (nSPS) is 13.0. The Morgan fingerprint density at radius 3 is 1.70 bits per heavy atom. The molecule has 33 heavy (non-hydrogen) atoms. The van der Waals surface area contributed by atoms with E-state index in [1.54, 1.807) is 0 Å². The SMILES string of the molecule is C=C(/N=C(\N=C(/N)N1c2ccccc2Oc2ccccc21)c1ccccc1)c1ccccc1. The lowest BCUT2D eigenvalue weighted by Gasteiger charge is -2.31. The Morgan fingerprint density at radius 1 is 0.636 bits per heavy atom. The second-order valence-electron chi connectivity index (χ2n) is 7.46. The van der Waals surface area contributed by atoms with Crippen molar-refractivity contribution in [3.05, 3.63) is 127 Å². The molecule has 2 N–H and O–H groups in total. The highest BCUT2D eigenvalue weighted by atomic mass is 16.5. The first kappa shape index (κ1) is 20.3. The van der Waals surface area contributed by atoms with Gasteiger partial charge >= 0.3 is 0 Å². The Labute approximate surface area is 192 Å². The van der Waals surface area contributed by atoms with E-state index in [-0.39, 0.29) is 5.96 Å². The van der Waals surface area contributed by atoms with Crippen LogP contribution >= 0.6 is 0 Å². The van der Waals surface area contributed by atoms with Crippen molar-refractivity contribution < 1.29 is 4.74 Å². The first-order valence-corrected chi connectivity index (χ1v) is 10.6. The third-order valence-electron chi connectivity index (χ3n) is 5.26. The van der Waals surface area contributed by atoms with Crippen molar-refractivity contribution in [1.82, 2.24) is 0 Å². The van der Waals surface area contributed by atoms with Crippen LogP contribution in [-0.2, 0) is 0 Å². The fourth-order valence-corrected chi connectivity index (χ4v) is 3.67. The molecular weight excluding hydrogens is 408 g/mol. The molecule has 0 saturated carbocycles. The van der Waals surface area contributed by atoms with Gasteiger partial charge in [-0.25, -0.2) is 4.99 Å². The number of para-hydroxylation sites is 4. The summed E-state index contributed by atoms with van der Waals surface area (Å²) in [6, 6.07) is 35.0. The van der Waals surface area contributed by atoms with Crippen LogP contribution in [0, 0.1) is 0 Å². The van der Waals surface area contributed by atoms with Crippen LogP contribution in [0.2, 0.25) is 0 Å². The lowest BCUT2D eigenvalue weighted by atomic mass is 10.1. The average Bonchev–Trinajstić information content (AvgIpc) is 2.87. The lowest BCUT2D eigenvalue weighted by Crippen LogP contribution is -2.36. The molecule has 160 valence electrons. The number of nitrogens with zero attached hydrogens (tertiary/aromatic N) is 3. The molecular formula is C28H22N4O. The van der Waals surface area contributed by atoms with Gasteiger partial charge in [-0.2, -0.15) is 4.99 Å². The summed E-state index contributed by atoms with van der Waals surface area (Å²) >= 11 is 0. The third-order valence-corrected chi connectivity index (χ3v) is 5.26. The maximum absolute atomic E-state index is 6.64. The predicted molar refractivity (Wildman–Crippen MR) is 135 cm³/mol. The van der Waals surface area contributed by atoms with Gasteiger partial charge in [0.15, 0.2) is 17.3 Å². The number of fused-ring (bicyclic) bond motifs is 2. The molecule has 5 nitrogen and oxygen atoms in total. The second kappa shape index (κ2) is 8.85. The minimum absolute atomic E-state index is 0.279. The summed E-state index contributed by atoms with van der Waals surface area (Å²) in [4.78, 5) is 11.4. The van der Waals surface area contributed by atoms with Crippen molar-refractivity contribution in [3.63, 3.8) is 0 Å². The number of hydrogen-bond acceptors (Lipinski definition) is 2. The molecule has 5 rings (SSSR count). The van der Waals surface area contributed by atoms with Crippen molar-refractivity contribution in [1.29, 1.82) is 0 Å². The van der Waals surface area contributed by atoms with Gasteiger partial charge in [0.25, 0.3) is 0 Å². The predicted octanol–water partition coefficient (Wildman–Crippen LogP) is 6.36. The maximum Gasteiger partial charge on any atom is 0.207 e. The average molecular weight is 431 g/mol. The van der Waals surface area contributed by atoms with Gasteiger partial charge in [0.2, 0.25) is 5.96 Å². The molecule has 0 spiro atoms. The molecule has 4 aromatic rings. The monoisotopic (exact) mass is 430 g/mol. The Balaban J connectivity index is 1.62. The molecule has 4 aromatic carbocycles. The molecule has 0 aromatic heterocycles. The number of rotatable bonds is 3. The van der Waals surface area contributed by atoms with Gasteiger partial charge in [0.05, 0.1) is 17.1 Å². The smallest absolute Gasteiger partial charge is 0.207 e. The number of guanidine groups is 1. The van der Waals surface area contributed by atoms with Crippen LogP contribution in [0.25, 0.3) is 5.70 Å². The second-order valence-corrected chi connectivity index (χ2v) is 7.46. The first-order chi connectivity index (χ1) is 16.2. The molecule has 0 fully saturated rings. The van der Waals surface area contributed by atoms with E-state index >= 15 is 0 Å². The van der Waals surface area contributed by atoms with E-state index in [0.29, 0.717) is 23.0 Å². The van der Waals surface area contributed by atoms with E-state index in [9.17, 15) is 0 Å². The van der Waals surface area contributed by atoms with Crippen LogP contribution in [0.3, 0.4) is 0 Å². The summed E-state index contributed by atoms with van der Waals surface area (Å²) in [5.74, 6) is 2.17. The van der Waals surface area contributed by atoms with E-state index in [1.165, 1.54) is 0 Å². The van der Waals surface area contributed by atoms with Crippen molar-refractivity contribution in [2.45, 2.75) is 0 Å². The van der Waals surface area contributed by atoms with Gasteiger partial charge in [-0.05, 0) is 29.8 Å². The zero-order chi connectivity index (χ0) is 22.6. The van der Waals surface area contributed by atoms with Crippen LogP contribution in [-0.4, -0.2) is 11.8 Å². The van der Waals surface area contributed by atoms with Crippen LogP contribution in [0.15, 0.2) is 126 Å². The van der Waals surface area contributed by atoms with Crippen molar-refractivity contribution >= 4 is 28.9 Å². The highest BCUT2D eigenvalue weighted by Crippen LogP contribution is 2.46. The highest BCUT2D eigenvalue weighted by Gasteiger charge is 2.26. The molecule has 0 radical (unpaired) electrons. The highest BCUT2D eigenvalue weighted by molar-refractivity contribution is 6.14. The molecule has 1 aliphatic heterocycles. The number of aliphatic imine (C=N–C) groups is 2. The molecule has 1 aliphatic rings. The Morgan fingerprint density at radius 2 is 1.12 bits per heavy atom. The fraction of sp³-hybridized carbons (Fsp3) is 0. The molecule has 5 heteroatoms. The number of ether oxygens (including phenoxy) is 1. The minimum Gasteiger partial charge on any atom is -0.453 e. The van der Waals surface area contributed by atoms with E-state index in [2.05, 4.69) is 6.58 Å². The lowest BCUT2D eigenvalue weighted by molar-refractivity contribution is 0.477. The van der Waals surface area contributed by atoms with Crippen molar-refractivity contribution in [2.24, 2.45) is 15.7 Å². The molecule has 1 heterocycles. The summed E-state index contributed by atoms with van der Waals surface area (Å²) in [7, 11) is 0. The van der Waals surface area contributed by atoms with E-state index in [1.807, 2.05) is 114 Å². The van der Waals surface area contributed by atoms with Crippen molar-refractivity contribution in [3.8, 4) is 11.5 Å². The summed E-state index contributed by atoms with van der Waals surface area (Å²) in [5, 5.41) is 0. The topological polar surface area (TPSA) is 63.2 Å². The van der Waals surface area contributed by atoms with Gasteiger partial charge < -0.3 is 10.5 Å². The minimum atomic E-state index is 0.279. The number of hydrogen-bond donors (Lipinski definition) is 1. The van der Waals surface area contributed by atoms with E-state index < -0.39 is 0 Å². The van der Waals surface area contributed by atoms with E-state index in [0.717, 1.165) is 22.5 Å². The summed E-state index contributed by atoms with van der Waals surface area (Å²) in [6.45, 7) is 4.15. The zero-order valence-electron chi connectivity index (χ0n) is 17.9. The summed E-state index contributed by atoms with van der Waals surface area (Å²) in [6.07, 6.45) is 0. The molecule has 0 aliphatic carbocycles. The summed E-state index contributed by atoms with van der Waals surface area (Å²) < 4.78 is 6.07. The largest absolute Gasteiger partial charge is 0.453 e. The van der Waals surface area contributed by atoms with Crippen LogP contribution in [0.5, 0.6) is 11.5 Å². The Hall–Kier alpha value is -4.64. The van der Waals surface area contributed by atoms with Crippen molar-refractivity contribution in [2.75, 3.05) is 4.90 Å². The quantitative estimate of drug-likeness (QED) is 0.304. The van der Waals surface area contributed by atoms with Gasteiger partial charge in [-0.3, -0.25) is 4.90 Å². The van der Waals surface area contributed by atoms with E-state index in [4.69, 9.17) is 20.5 Å². The third kappa shape index (κ3) is 4.12. The number of amidine groups is 1. The fourth-order valence-electron chi connectivity index (χ4n) is 3.67. The van der Waals surface area contributed by atoms with Crippen LogP contribution < -0.4 is 15.4 Å². The standard InChI is InChI=1S/C28H22N4O/c1-20(21-12-4-2-5-13-21)30-27(22-14-6-3-7-15-22)31-28(29)32-23-16-8-10-18-25(23)33-26-19-11-9-17-24(26)32/h2-19H,1H2,(H2,29,30,31). The number of nitrogens with two attached hydrogens (primary N) is 1. The van der Waals surface area contributed by atoms with Gasteiger partial charge in [-0.1, -0.05) is 91.5 Å². The van der Waals surface area contributed by atoms with Gasteiger partial charge in [0, 0.05) is 5.56 Å². The van der Waals surface area contributed by atoms with Gasteiger partial charge in [-0.15, -0.1) is 0 Å². The molecule has 0 saturated heterocycles. The molecule has 0 atom stereocenters. The van der Waals surface area contributed by atoms with Gasteiger partial charge in [0.1, 0.15) is 0 Å². The molecule has 0 unspecified atom stereocenters. The number of benzene rings is 4. The zero-order valence-corrected chi connectivity index (χ0v) is 17.9. The summed E-state index contributed by atoms with van der Waals surface area (Å²) in [5.41, 5.74) is 10.6. The van der Waals surface area contributed by atoms with Crippen LogP contribution in [0.1, 0.15) is 11.1 Å². The number of anilines is 2. The Kier molecular flexibility index (Phi) is 5.43. The molecule has 0 bridgehead atoms.